The molecule has 18 heavy (non-hydrogen) atoms. The Hall–Kier alpha value is -2.29. The van der Waals surface area contributed by atoms with E-state index in [0.717, 1.165) is 27.5 Å². The molecule has 3 nitrogen and oxygen atoms in total. The second kappa shape index (κ2) is 3.88. The van der Waals surface area contributed by atoms with Crippen molar-refractivity contribution in [2.24, 2.45) is 0 Å². The van der Waals surface area contributed by atoms with Gasteiger partial charge in [-0.25, -0.2) is 0 Å². The van der Waals surface area contributed by atoms with Crippen LogP contribution in [-0.4, -0.2) is 5.97 Å². The molecule has 3 aromatic rings. The third-order valence-electron chi connectivity index (χ3n) is 2.87. The van der Waals surface area contributed by atoms with E-state index >= 15 is 0 Å². The van der Waals surface area contributed by atoms with Crippen LogP contribution in [0, 0.1) is 6.92 Å². The van der Waals surface area contributed by atoms with Crippen LogP contribution in [-0.2, 0) is 4.79 Å². The van der Waals surface area contributed by atoms with E-state index in [-0.39, 0.29) is 5.97 Å². The first-order chi connectivity index (χ1) is 8.65. The maximum atomic E-state index is 11.1. The zero-order valence-corrected chi connectivity index (χ0v) is 10.2. The van der Waals surface area contributed by atoms with Crippen LogP contribution in [0.2, 0.25) is 0 Å². The van der Waals surface area contributed by atoms with Gasteiger partial charge in [0.1, 0.15) is 16.9 Å². The minimum atomic E-state index is -0.330. The molecule has 2 aromatic carbocycles. The predicted molar refractivity (Wildman–Crippen MR) is 69.8 cm³/mol. The number of hydrogen-bond acceptors (Lipinski definition) is 3. The Morgan fingerprint density at radius 3 is 2.78 bits per heavy atom. The molecule has 0 radical (unpaired) electrons. The molecule has 90 valence electrons. The Morgan fingerprint density at radius 1 is 1.17 bits per heavy atom. The van der Waals surface area contributed by atoms with Gasteiger partial charge in [-0.2, -0.15) is 0 Å². The Labute approximate surface area is 104 Å². The summed E-state index contributed by atoms with van der Waals surface area (Å²) >= 11 is 0. The molecule has 3 heteroatoms. The Bertz CT molecular complexity index is 753. The van der Waals surface area contributed by atoms with Gasteiger partial charge in [0.25, 0.3) is 0 Å². The number of rotatable bonds is 1. The van der Waals surface area contributed by atoms with E-state index in [2.05, 4.69) is 0 Å². The van der Waals surface area contributed by atoms with Crippen molar-refractivity contribution in [3.63, 3.8) is 0 Å². The predicted octanol–water partition coefficient (Wildman–Crippen LogP) is 3.82. The summed E-state index contributed by atoms with van der Waals surface area (Å²) in [4.78, 5) is 11.1. The summed E-state index contributed by atoms with van der Waals surface area (Å²) in [6.45, 7) is 3.41. The standard InChI is InChI=1S/C15H12O3/c1-9-6-7-11-14(8-9)18-13-5-3-4-12(15(11)13)17-10(2)16/h3-8H,1-2H3. The number of benzene rings is 2. The summed E-state index contributed by atoms with van der Waals surface area (Å²) in [5.74, 6) is 0.214. The van der Waals surface area contributed by atoms with Crippen molar-refractivity contribution >= 4 is 27.9 Å². The van der Waals surface area contributed by atoms with Crippen molar-refractivity contribution in [3.8, 4) is 5.75 Å². The highest BCUT2D eigenvalue weighted by Crippen LogP contribution is 2.35. The van der Waals surface area contributed by atoms with Crippen molar-refractivity contribution < 1.29 is 13.9 Å². The SMILES string of the molecule is CC(=O)Oc1cccc2oc3cc(C)ccc3c12. The van der Waals surface area contributed by atoms with E-state index in [4.69, 9.17) is 9.15 Å². The Balaban J connectivity index is 2.37. The van der Waals surface area contributed by atoms with Gasteiger partial charge in [-0.05, 0) is 30.7 Å². The van der Waals surface area contributed by atoms with Crippen LogP contribution in [0.4, 0.5) is 0 Å². The van der Waals surface area contributed by atoms with Gasteiger partial charge in [0, 0.05) is 12.3 Å². The molecule has 0 unspecified atom stereocenters. The van der Waals surface area contributed by atoms with Gasteiger partial charge in [-0.15, -0.1) is 0 Å². The molecule has 0 saturated carbocycles. The summed E-state index contributed by atoms with van der Waals surface area (Å²) < 4.78 is 11.0. The first kappa shape index (κ1) is 10.8. The third kappa shape index (κ3) is 1.64. The molecule has 0 fully saturated rings. The lowest BCUT2D eigenvalue weighted by Crippen LogP contribution is -2.01. The van der Waals surface area contributed by atoms with Crippen molar-refractivity contribution in [2.75, 3.05) is 0 Å². The molecular formula is C15H12O3. The minimum Gasteiger partial charge on any atom is -0.456 e. The topological polar surface area (TPSA) is 39.4 Å². The molecule has 1 heterocycles. The van der Waals surface area contributed by atoms with Crippen LogP contribution < -0.4 is 4.74 Å². The van der Waals surface area contributed by atoms with E-state index in [1.807, 2.05) is 37.3 Å². The van der Waals surface area contributed by atoms with Crippen LogP contribution >= 0.6 is 0 Å². The number of fused-ring (bicyclic) bond motifs is 3. The van der Waals surface area contributed by atoms with Gasteiger partial charge in [0.15, 0.2) is 0 Å². The normalized spacial score (nSPS) is 11.0. The van der Waals surface area contributed by atoms with Crippen molar-refractivity contribution in [1.29, 1.82) is 0 Å². The summed E-state index contributed by atoms with van der Waals surface area (Å²) in [6.07, 6.45) is 0. The molecule has 0 spiro atoms. The zero-order valence-electron chi connectivity index (χ0n) is 10.2. The number of aryl methyl sites for hydroxylation is 1. The largest absolute Gasteiger partial charge is 0.456 e. The molecule has 0 aliphatic rings. The fourth-order valence-electron chi connectivity index (χ4n) is 2.14. The maximum absolute atomic E-state index is 11.1. The third-order valence-corrected chi connectivity index (χ3v) is 2.87. The zero-order chi connectivity index (χ0) is 12.7. The van der Waals surface area contributed by atoms with E-state index < -0.39 is 0 Å². The molecule has 3 rings (SSSR count). The highest BCUT2D eigenvalue weighted by atomic mass is 16.5. The second-order valence-corrected chi connectivity index (χ2v) is 4.32. The molecular weight excluding hydrogens is 228 g/mol. The molecule has 0 aliphatic heterocycles. The quantitative estimate of drug-likeness (QED) is 0.479. The fraction of sp³-hybridized carbons (Fsp3) is 0.133. The molecule has 0 amide bonds. The molecule has 0 N–H and O–H groups in total. The highest BCUT2D eigenvalue weighted by Gasteiger charge is 2.12. The van der Waals surface area contributed by atoms with Crippen LogP contribution in [0.5, 0.6) is 5.75 Å². The van der Waals surface area contributed by atoms with Gasteiger partial charge in [-0.3, -0.25) is 4.79 Å². The van der Waals surface area contributed by atoms with E-state index in [1.165, 1.54) is 6.92 Å². The Kier molecular flexibility index (Phi) is 2.33. The van der Waals surface area contributed by atoms with Crippen LogP contribution in [0.15, 0.2) is 40.8 Å². The summed E-state index contributed by atoms with van der Waals surface area (Å²) in [6, 6.07) is 11.4. The first-order valence-electron chi connectivity index (χ1n) is 5.75. The molecule has 0 aliphatic carbocycles. The number of esters is 1. The van der Waals surface area contributed by atoms with E-state index in [1.54, 1.807) is 6.07 Å². The van der Waals surface area contributed by atoms with E-state index in [0.29, 0.717) is 5.75 Å². The highest BCUT2D eigenvalue weighted by molar-refractivity contribution is 6.08. The van der Waals surface area contributed by atoms with Gasteiger partial charge in [-0.1, -0.05) is 18.2 Å². The monoisotopic (exact) mass is 240 g/mol. The average Bonchev–Trinajstić information content (AvgIpc) is 2.66. The van der Waals surface area contributed by atoms with Gasteiger partial charge >= 0.3 is 5.97 Å². The number of hydrogen-bond donors (Lipinski definition) is 0. The van der Waals surface area contributed by atoms with Crippen molar-refractivity contribution in [3.05, 3.63) is 42.0 Å². The van der Waals surface area contributed by atoms with Crippen molar-refractivity contribution in [1.82, 2.24) is 0 Å². The molecule has 1 aromatic heterocycles. The van der Waals surface area contributed by atoms with Gasteiger partial charge < -0.3 is 9.15 Å². The lowest BCUT2D eigenvalue weighted by Gasteiger charge is -2.01. The van der Waals surface area contributed by atoms with Crippen molar-refractivity contribution in [2.45, 2.75) is 13.8 Å². The summed E-state index contributed by atoms with van der Waals surface area (Å²) in [5, 5.41) is 1.81. The maximum Gasteiger partial charge on any atom is 0.308 e. The Morgan fingerprint density at radius 2 is 2.00 bits per heavy atom. The second-order valence-electron chi connectivity index (χ2n) is 4.32. The van der Waals surface area contributed by atoms with Gasteiger partial charge in [0.05, 0.1) is 5.39 Å². The minimum absolute atomic E-state index is 0.330. The van der Waals surface area contributed by atoms with Crippen LogP contribution in [0.3, 0.4) is 0 Å². The van der Waals surface area contributed by atoms with Crippen LogP contribution in [0.1, 0.15) is 12.5 Å². The van der Waals surface area contributed by atoms with Gasteiger partial charge in [0.2, 0.25) is 0 Å². The smallest absolute Gasteiger partial charge is 0.308 e. The van der Waals surface area contributed by atoms with Crippen LogP contribution in [0.25, 0.3) is 21.9 Å². The molecule has 0 atom stereocenters. The summed E-state index contributed by atoms with van der Waals surface area (Å²) in [7, 11) is 0. The lowest BCUT2D eigenvalue weighted by molar-refractivity contribution is -0.131. The fourth-order valence-corrected chi connectivity index (χ4v) is 2.14. The average molecular weight is 240 g/mol. The number of furan rings is 1. The lowest BCUT2D eigenvalue weighted by atomic mass is 10.1. The molecule has 0 bridgehead atoms. The molecule has 0 saturated heterocycles. The number of carbonyl (C=O) groups excluding carboxylic acids is 1. The number of carbonyl (C=O) groups is 1. The summed E-state index contributed by atoms with van der Waals surface area (Å²) in [5.41, 5.74) is 2.68. The van der Waals surface area contributed by atoms with E-state index in [9.17, 15) is 4.79 Å². The first-order valence-corrected chi connectivity index (χ1v) is 5.75. The number of ether oxygens (including phenoxy) is 1.